The largest absolute Gasteiger partial charge is 0.405 e. The van der Waals surface area contributed by atoms with E-state index in [1.54, 1.807) is 0 Å². The molecule has 0 radical (unpaired) electrons. The second-order valence-electron chi connectivity index (χ2n) is 8.06. The molecule has 1 unspecified atom stereocenters. The van der Waals surface area contributed by atoms with E-state index in [2.05, 4.69) is 34.3 Å². The van der Waals surface area contributed by atoms with Gasteiger partial charge in [-0.15, -0.1) is 5.10 Å². The Hall–Kier alpha value is -3.15. The molecule has 156 valence electrons. The van der Waals surface area contributed by atoms with Gasteiger partial charge < -0.3 is 14.6 Å². The third-order valence-corrected chi connectivity index (χ3v) is 5.55. The van der Waals surface area contributed by atoms with Crippen LogP contribution in [0.25, 0.3) is 0 Å². The number of benzene rings is 2. The van der Waals surface area contributed by atoms with Gasteiger partial charge in [0.25, 0.3) is 5.91 Å². The van der Waals surface area contributed by atoms with Crippen LogP contribution in [0.4, 0.5) is 6.01 Å². The number of nitrogens with one attached hydrogen (secondary N) is 1. The maximum Gasteiger partial charge on any atom is 0.318 e. The zero-order valence-electron chi connectivity index (χ0n) is 17.5. The molecule has 4 rings (SSSR count). The second kappa shape index (κ2) is 9.11. The van der Waals surface area contributed by atoms with E-state index in [0.717, 1.165) is 31.5 Å². The maximum absolute atomic E-state index is 13.0. The molecule has 2 heterocycles. The summed E-state index contributed by atoms with van der Waals surface area (Å²) in [6, 6.07) is 17.5. The molecule has 0 saturated carbocycles. The Morgan fingerprint density at radius 3 is 2.30 bits per heavy atom. The Morgan fingerprint density at radius 1 is 0.933 bits per heavy atom. The molecule has 1 aliphatic heterocycles. The van der Waals surface area contributed by atoms with Gasteiger partial charge in [-0.2, -0.15) is 0 Å². The zero-order chi connectivity index (χ0) is 20.9. The molecule has 6 heteroatoms. The van der Waals surface area contributed by atoms with Crippen LogP contribution in [0.2, 0.25) is 0 Å². The van der Waals surface area contributed by atoms with Crippen molar-refractivity contribution < 1.29 is 9.21 Å². The van der Waals surface area contributed by atoms with Crippen molar-refractivity contribution in [2.75, 3.05) is 18.0 Å². The van der Waals surface area contributed by atoms with Crippen molar-refractivity contribution in [2.45, 2.75) is 45.1 Å². The predicted molar refractivity (Wildman–Crippen MR) is 117 cm³/mol. The van der Waals surface area contributed by atoms with E-state index < -0.39 is 6.04 Å². The Balaban J connectivity index is 1.58. The fourth-order valence-electron chi connectivity index (χ4n) is 3.72. The number of hydrogen-bond acceptors (Lipinski definition) is 5. The monoisotopic (exact) mass is 404 g/mol. The summed E-state index contributed by atoms with van der Waals surface area (Å²) >= 11 is 0. The standard InChI is InChI=1S/C24H28N4O2/c1-17(2)18-11-13-20(14-12-18)22(29)25-21(19-9-5-3-6-10-19)23-26-27-24(30-23)28-15-7-4-8-16-28/h3,5-6,9-14,17,21H,4,7-8,15-16H2,1-2H3,(H,25,29). The molecule has 1 saturated heterocycles. The highest BCUT2D eigenvalue weighted by atomic mass is 16.4. The number of piperidine rings is 1. The number of carbonyl (C=O) groups excluding carboxylic acids is 1. The van der Waals surface area contributed by atoms with Crippen molar-refractivity contribution in [2.24, 2.45) is 0 Å². The van der Waals surface area contributed by atoms with Crippen LogP contribution in [0.5, 0.6) is 0 Å². The van der Waals surface area contributed by atoms with Crippen LogP contribution in [0.3, 0.4) is 0 Å². The first kappa shape index (κ1) is 20.1. The average molecular weight is 405 g/mol. The van der Waals surface area contributed by atoms with Crippen LogP contribution in [-0.4, -0.2) is 29.2 Å². The summed E-state index contributed by atoms with van der Waals surface area (Å²) < 4.78 is 6.02. The van der Waals surface area contributed by atoms with Gasteiger partial charge in [-0.05, 0) is 48.4 Å². The van der Waals surface area contributed by atoms with Crippen LogP contribution in [0, 0.1) is 0 Å². The highest BCUT2D eigenvalue weighted by molar-refractivity contribution is 5.94. The van der Waals surface area contributed by atoms with E-state index in [0.29, 0.717) is 23.4 Å². The van der Waals surface area contributed by atoms with Gasteiger partial charge in [0, 0.05) is 18.7 Å². The summed E-state index contributed by atoms with van der Waals surface area (Å²) in [4.78, 5) is 15.1. The molecular weight excluding hydrogens is 376 g/mol. The molecule has 0 aliphatic carbocycles. The van der Waals surface area contributed by atoms with E-state index in [1.165, 1.54) is 12.0 Å². The van der Waals surface area contributed by atoms with Crippen molar-refractivity contribution in [1.29, 1.82) is 0 Å². The van der Waals surface area contributed by atoms with Crippen LogP contribution in [0.15, 0.2) is 59.0 Å². The lowest BCUT2D eigenvalue weighted by atomic mass is 10.0. The van der Waals surface area contributed by atoms with E-state index in [4.69, 9.17) is 4.42 Å². The van der Waals surface area contributed by atoms with Gasteiger partial charge in [0.15, 0.2) is 0 Å². The molecule has 3 aromatic rings. The van der Waals surface area contributed by atoms with Gasteiger partial charge in [-0.3, -0.25) is 4.79 Å². The van der Waals surface area contributed by atoms with Gasteiger partial charge in [-0.1, -0.05) is 61.4 Å². The zero-order valence-corrected chi connectivity index (χ0v) is 17.5. The molecule has 2 aromatic carbocycles. The molecule has 1 amide bonds. The smallest absolute Gasteiger partial charge is 0.318 e. The van der Waals surface area contributed by atoms with Crippen LogP contribution in [-0.2, 0) is 0 Å². The van der Waals surface area contributed by atoms with Crippen molar-refractivity contribution in [3.8, 4) is 0 Å². The summed E-state index contributed by atoms with van der Waals surface area (Å²) in [6.45, 7) is 6.12. The molecule has 1 atom stereocenters. The Bertz CT molecular complexity index is 960. The van der Waals surface area contributed by atoms with Crippen molar-refractivity contribution in [1.82, 2.24) is 15.5 Å². The lowest BCUT2D eigenvalue weighted by Gasteiger charge is -2.24. The van der Waals surface area contributed by atoms with E-state index in [1.807, 2.05) is 54.6 Å². The lowest BCUT2D eigenvalue weighted by Crippen LogP contribution is -2.30. The van der Waals surface area contributed by atoms with Crippen LogP contribution >= 0.6 is 0 Å². The Labute approximate surface area is 177 Å². The topological polar surface area (TPSA) is 71.3 Å². The molecule has 1 N–H and O–H groups in total. The highest BCUT2D eigenvalue weighted by Crippen LogP contribution is 2.26. The number of anilines is 1. The van der Waals surface area contributed by atoms with Gasteiger partial charge >= 0.3 is 6.01 Å². The van der Waals surface area contributed by atoms with E-state index in [-0.39, 0.29) is 5.91 Å². The number of carbonyl (C=O) groups is 1. The van der Waals surface area contributed by atoms with Gasteiger partial charge in [0.1, 0.15) is 6.04 Å². The molecule has 30 heavy (non-hydrogen) atoms. The Kier molecular flexibility index (Phi) is 6.12. The summed E-state index contributed by atoms with van der Waals surface area (Å²) in [6.07, 6.45) is 3.49. The predicted octanol–water partition coefficient (Wildman–Crippen LogP) is 4.70. The Morgan fingerprint density at radius 2 is 1.63 bits per heavy atom. The van der Waals surface area contributed by atoms with Crippen molar-refractivity contribution >= 4 is 11.9 Å². The van der Waals surface area contributed by atoms with Gasteiger partial charge in [-0.25, -0.2) is 0 Å². The third-order valence-electron chi connectivity index (χ3n) is 5.55. The summed E-state index contributed by atoms with van der Waals surface area (Å²) in [5.41, 5.74) is 2.71. The second-order valence-corrected chi connectivity index (χ2v) is 8.06. The molecular formula is C24H28N4O2. The maximum atomic E-state index is 13.0. The number of rotatable bonds is 6. The highest BCUT2D eigenvalue weighted by Gasteiger charge is 2.25. The quantitative estimate of drug-likeness (QED) is 0.645. The van der Waals surface area contributed by atoms with Crippen LogP contribution in [0.1, 0.15) is 72.4 Å². The first-order chi connectivity index (χ1) is 14.6. The SMILES string of the molecule is CC(C)c1ccc(C(=O)NC(c2ccccc2)c2nnc(N3CCCCC3)o2)cc1. The molecule has 1 aliphatic rings. The van der Waals surface area contributed by atoms with Gasteiger partial charge in [0.2, 0.25) is 5.89 Å². The first-order valence-corrected chi connectivity index (χ1v) is 10.7. The fraction of sp³-hybridized carbons (Fsp3) is 0.375. The van der Waals surface area contributed by atoms with Crippen LogP contribution < -0.4 is 10.2 Å². The summed E-state index contributed by atoms with van der Waals surface area (Å²) in [5.74, 6) is 0.650. The van der Waals surface area contributed by atoms with Gasteiger partial charge in [0.05, 0.1) is 0 Å². The fourth-order valence-corrected chi connectivity index (χ4v) is 3.72. The minimum absolute atomic E-state index is 0.170. The van der Waals surface area contributed by atoms with Crippen molar-refractivity contribution in [3.05, 3.63) is 77.2 Å². The average Bonchev–Trinajstić information content (AvgIpc) is 3.28. The number of hydrogen-bond donors (Lipinski definition) is 1. The molecule has 1 aromatic heterocycles. The molecule has 6 nitrogen and oxygen atoms in total. The molecule has 0 bridgehead atoms. The van der Waals surface area contributed by atoms with Crippen molar-refractivity contribution in [3.63, 3.8) is 0 Å². The minimum atomic E-state index is -0.505. The molecule has 0 spiro atoms. The first-order valence-electron chi connectivity index (χ1n) is 10.7. The van der Waals surface area contributed by atoms with E-state index in [9.17, 15) is 4.79 Å². The number of amides is 1. The summed E-state index contributed by atoms with van der Waals surface area (Å²) in [5, 5.41) is 11.6. The molecule has 1 fully saturated rings. The lowest BCUT2D eigenvalue weighted by molar-refractivity contribution is 0.0938. The number of nitrogens with zero attached hydrogens (tertiary/aromatic N) is 3. The number of aromatic nitrogens is 2. The normalized spacial score (nSPS) is 15.2. The summed E-state index contributed by atoms with van der Waals surface area (Å²) in [7, 11) is 0. The van der Waals surface area contributed by atoms with E-state index >= 15 is 0 Å². The third kappa shape index (κ3) is 4.53. The minimum Gasteiger partial charge on any atom is -0.405 e.